The number of anilines is 1. The molecule has 7 nitrogen and oxygen atoms in total. The SMILES string of the molecule is C#C.C#C.CC[C@@H](CO)NC(C)=O.O=S(=O)(c1ccc(F)cc1)N1CCCc2cc(C(O)(C(F)(F)F)C(F)(F)F)ccc21. The standard InChI is InChI=1S/C18H14F7NO3S.C6H13NO2.2C2H2/c19-13-4-6-14(7-5-13)30(28,29)26-9-1-2-11-10-12(3-8-15(11)26)16(27,17(20,21)22)18(23,24)25;1-3-6(4-8)7-5(2)9;2*1-2/h3-8,10,27H,1-2,9H2;6,8H,3-4H2,1-2H3,(H,7,9);2*1-2H/t;6-;;/m.0../s1. The lowest BCUT2D eigenvalue weighted by molar-refractivity contribution is -0.376. The number of nitrogens with one attached hydrogen (secondary N) is 1. The number of carbonyl (C=O) groups excluding carboxylic acids is 1. The third-order valence-corrected chi connectivity index (χ3v) is 7.74. The van der Waals surface area contributed by atoms with Crippen molar-refractivity contribution in [3.05, 3.63) is 59.4 Å². The Hall–Kier alpha value is -3.79. The number of sulfonamides is 1. The van der Waals surface area contributed by atoms with E-state index in [0.717, 1.165) is 41.1 Å². The van der Waals surface area contributed by atoms with E-state index in [1.165, 1.54) is 6.92 Å². The van der Waals surface area contributed by atoms with E-state index in [2.05, 4.69) is 31.0 Å². The van der Waals surface area contributed by atoms with Gasteiger partial charge < -0.3 is 15.5 Å². The quantitative estimate of drug-likeness (QED) is 0.315. The second-order valence-corrected chi connectivity index (χ2v) is 10.5. The number of aryl methyl sites for hydroxylation is 1. The summed E-state index contributed by atoms with van der Waals surface area (Å²) in [6.07, 6.45) is 4.80. The summed E-state index contributed by atoms with van der Waals surface area (Å²) in [7, 11) is -4.24. The van der Waals surface area contributed by atoms with Gasteiger partial charge in [-0.25, -0.2) is 12.8 Å². The molecule has 0 saturated heterocycles. The molecular weight excluding hydrogens is 609 g/mol. The predicted octanol–water partition coefficient (Wildman–Crippen LogP) is 4.67. The minimum atomic E-state index is -6.05. The molecule has 3 rings (SSSR count). The van der Waals surface area contributed by atoms with Gasteiger partial charge in [-0.3, -0.25) is 9.10 Å². The number of aliphatic hydroxyl groups excluding tert-OH is 1. The highest BCUT2D eigenvalue weighted by Crippen LogP contribution is 2.51. The highest BCUT2D eigenvalue weighted by molar-refractivity contribution is 7.92. The number of benzene rings is 2. The van der Waals surface area contributed by atoms with Crippen LogP contribution in [-0.2, 0) is 26.8 Å². The number of amides is 1. The molecule has 1 aliphatic rings. The molecule has 1 aliphatic heterocycles. The Morgan fingerprint density at radius 3 is 1.91 bits per heavy atom. The Kier molecular flexibility index (Phi) is 14.7. The normalized spacial score (nSPS) is 13.8. The highest BCUT2D eigenvalue weighted by atomic mass is 32.2. The number of nitrogens with zero attached hydrogens (tertiary/aromatic N) is 1. The molecule has 0 aliphatic carbocycles. The first-order valence-electron chi connectivity index (χ1n) is 12.2. The fourth-order valence-electron chi connectivity index (χ4n) is 3.82. The van der Waals surface area contributed by atoms with E-state index in [1.807, 2.05) is 6.92 Å². The maximum atomic E-state index is 13.1. The largest absolute Gasteiger partial charge is 0.430 e. The summed E-state index contributed by atoms with van der Waals surface area (Å²) in [6, 6.07) is 5.47. The van der Waals surface area contributed by atoms with Crippen LogP contribution in [0.1, 0.15) is 37.8 Å². The average Bonchev–Trinajstić information content (AvgIpc) is 2.96. The van der Waals surface area contributed by atoms with E-state index in [4.69, 9.17) is 5.11 Å². The van der Waals surface area contributed by atoms with Crippen LogP contribution in [0.4, 0.5) is 36.4 Å². The number of hydrogen-bond donors (Lipinski definition) is 3. The third kappa shape index (κ3) is 9.35. The fourth-order valence-corrected chi connectivity index (χ4v) is 5.36. The van der Waals surface area contributed by atoms with E-state index in [9.17, 15) is 49.1 Å². The van der Waals surface area contributed by atoms with Crippen LogP contribution < -0.4 is 9.62 Å². The lowest BCUT2D eigenvalue weighted by atomic mass is 9.89. The lowest BCUT2D eigenvalue weighted by Crippen LogP contribution is -2.54. The van der Waals surface area contributed by atoms with E-state index >= 15 is 0 Å². The summed E-state index contributed by atoms with van der Waals surface area (Å²) >= 11 is 0. The van der Waals surface area contributed by atoms with Crippen LogP contribution in [0.25, 0.3) is 0 Å². The molecule has 0 bridgehead atoms. The van der Waals surface area contributed by atoms with Crippen LogP contribution in [0.5, 0.6) is 0 Å². The molecule has 1 heterocycles. The van der Waals surface area contributed by atoms with Gasteiger partial charge in [0.25, 0.3) is 15.6 Å². The van der Waals surface area contributed by atoms with Gasteiger partial charge in [0.05, 0.1) is 23.2 Å². The van der Waals surface area contributed by atoms with Crippen molar-refractivity contribution in [2.75, 3.05) is 17.5 Å². The van der Waals surface area contributed by atoms with Crippen LogP contribution in [-0.4, -0.2) is 56.1 Å². The number of halogens is 7. The van der Waals surface area contributed by atoms with Gasteiger partial charge in [0.2, 0.25) is 5.91 Å². The van der Waals surface area contributed by atoms with Gasteiger partial charge in [-0.15, -0.1) is 25.7 Å². The smallest absolute Gasteiger partial charge is 0.394 e. The number of alkyl halides is 6. The van der Waals surface area contributed by atoms with Crippen molar-refractivity contribution in [3.63, 3.8) is 0 Å². The van der Waals surface area contributed by atoms with Crippen LogP contribution in [0.2, 0.25) is 0 Å². The topological polar surface area (TPSA) is 107 Å². The van der Waals surface area contributed by atoms with Gasteiger partial charge in [-0.2, -0.15) is 26.3 Å². The van der Waals surface area contributed by atoms with Crippen molar-refractivity contribution >= 4 is 21.6 Å². The summed E-state index contributed by atoms with van der Waals surface area (Å²) in [5.74, 6) is -0.771. The number of fused-ring (bicyclic) bond motifs is 1. The zero-order valence-corrected chi connectivity index (χ0v) is 23.9. The van der Waals surface area contributed by atoms with Gasteiger partial charge in [0, 0.05) is 19.0 Å². The number of rotatable bonds is 6. The van der Waals surface area contributed by atoms with Crippen molar-refractivity contribution in [1.29, 1.82) is 0 Å². The lowest BCUT2D eigenvalue weighted by Gasteiger charge is -2.35. The molecule has 2 aromatic carbocycles. The Morgan fingerprint density at radius 1 is 1.00 bits per heavy atom. The second-order valence-electron chi connectivity index (χ2n) is 8.67. The van der Waals surface area contributed by atoms with E-state index in [0.29, 0.717) is 12.1 Å². The molecule has 3 N–H and O–H groups in total. The highest BCUT2D eigenvalue weighted by Gasteiger charge is 2.71. The maximum Gasteiger partial charge on any atom is 0.430 e. The minimum absolute atomic E-state index is 0.00437. The molecule has 0 unspecified atom stereocenters. The van der Waals surface area contributed by atoms with Crippen molar-refractivity contribution < 1.29 is 54.2 Å². The van der Waals surface area contributed by atoms with E-state index in [1.54, 1.807) is 0 Å². The Balaban J connectivity index is 0.00000115. The molecule has 0 fully saturated rings. The molecular formula is C28H31F7N2O5S. The molecule has 1 atom stereocenters. The Bertz CT molecular complexity index is 1320. The van der Waals surface area contributed by atoms with E-state index in [-0.39, 0.29) is 54.1 Å². The molecule has 1 amide bonds. The van der Waals surface area contributed by atoms with Gasteiger partial charge in [-0.1, -0.05) is 19.1 Å². The molecule has 43 heavy (non-hydrogen) atoms. The maximum absolute atomic E-state index is 13.1. The number of terminal acetylenes is 2. The molecule has 0 spiro atoms. The van der Waals surface area contributed by atoms with Crippen LogP contribution in [0.3, 0.4) is 0 Å². The van der Waals surface area contributed by atoms with Crippen molar-refractivity contribution in [3.8, 4) is 25.7 Å². The summed E-state index contributed by atoms with van der Waals surface area (Å²) < 4.78 is 118. The monoisotopic (exact) mass is 640 g/mol. The first-order valence-corrected chi connectivity index (χ1v) is 13.7. The molecule has 0 saturated carbocycles. The first kappa shape index (κ1) is 39.2. The van der Waals surface area contributed by atoms with Gasteiger partial charge >= 0.3 is 12.4 Å². The van der Waals surface area contributed by atoms with Crippen LogP contribution >= 0.6 is 0 Å². The predicted molar refractivity (Wildman–Crippen MR) is 146 cm³/mol. The van der Waals surface area contributed by atoms with Crippen molar-refractivity contribution in [2.24, 2.45) is 0 Å². The minimum Gasteiger partial charge on any atom is -0.394 e. The van der Waals surface area contributed by atoms with Crippen molar-refractivity contribution in [1.82, 2.24) is 5.32 Å². The van der Waals surface area contributed by atoms with Gasteiger partial charge in [-0.05, 0) is 55.2 Å². The summed E-state index contributed by atoms with van der Waals surface area (Å²) in [5, 5.41) is 20.7. The number of aliphatic hydroxyl groups is 2. The average molecular weight is 641 g/mol. The molecule has 15 heteroatoms. The molecule has 2 aromatic rings. The summed E-state index contributed by atoms with van der Waals surface area (Å²) in [5.41, 5.74) is -6.77. The molecule has 238 valence electrons. The van der Waals surface area contributed by atoms with Crippen molar-refractivity contribution in [2.45, 2.75) is 62.0 Å². The fraction of sp³-hybridized carbons (Fsp3) is 0.393. The van der Waals surface area contributed by atoms with Crippen LogP contribution in [0, 0.1) is 31.5 Å². The molecule has 0 radical (unpaired) electrons. The van der Waals surface area contributed by atoms with Gasteiger partial charge in [0.1, 0.15) is 5.82 Å². The number of hydrogen-bond acceptors (Lipinski definition) is 5. The van der Waals surface area contributed by atoms with E-state index < -0.39 is 39.4 Å². The zero-order chi connectivity index (χ0) is 33.8. The summed E-state index contributed by atoms with van der Waals surface area (Å²) in [4.78, 5) is 10.1. The Labute approximate surface area is 245 Å². The van der Waals surface area contributed by atoms with Gasteiger partial charge in [0.15, 0.2) is 0 Å². The summed E-state index contributed by atoms with van der Waals surface area (Å²) in [6.45, 7) is 3.31. The Morgan fingerprint density at radius 2 is 1.51 bits per heavy atom. The second kappa shape index (κ2) is 16.2. The van der Waals surface area contributed by atoms with Crippen LogP contribution in [0.15, 0.2) is 47.4 Å². The third-order valence-electron chi connectivity index (χ3n) is 5.92. The molecule has 0 aromatic heterocycles. The first-order chi connectivity index (χ1) is 19.9. The zero-order valence-electron chi connectivity index (χ0n) is 23.1. The number of carbonyl (C=O) groups is 1.